The molecule has 1 aliphatic heterocycles. The van der Waals surface area contributed by atoms with Gasteiger partial charge in [0.25, 0.3) is 0 Å². The van der Waals surface area contributed by atoms with Crippen molar-refractivity contribution in [2.75, 3.05) is 19.7 Å². The van der Waals surface area contributed by atoms with Gasteiger partial charge in [-0.15, -0.1) is 0 Å². The Morgan fingerprint density at radius 1 is 1.25 bits per heavy atom. The van der Waals surface area contributed by atoms with Crippen molar-refractivity contribution in [2.24, 2.45) is 17.8 Å². The summed E-state index contributed by atoms with van der Waals surface area (Å²) >= 11 is 0. The molecule has 6 heteroatoms. The lowest BCUT2D eigenvalue weighted by Gasteiger charge is -2.30. The van der Waals surface area contributed by atoms with Crippen LogP contribution < -0.4 is 5.32 Å². The lowest BCUT2D eigenvalue weighted by atomic mass is 9.94. The van der Waals surface area contributed by atoms with Crippen LogP contribution in [0, 0.1) is 17.8 Å². The number of rotatable bonds is 4. The average molecular weight is 340 g/mol. The van der Waals surface area contributed by atoms with E-state index < -0.39 is 11.7 Å². The lowest BCUT2D eigenvalue weighted by molar-refractivity contribution is -0.138. The van der Waals surface area contributed by atoms with Gasteiger partial charge in [-0.25, -0.2) is 4.79 Å². The van der Waals surface area contributed by atoms with Gasteiger partial charge in [-0.2, -0.15) is 0 Å². The number of nitrogens with zero attached hydrogens (tertiary/aromatic N) is 1. The predicted octanol–water partition coefficient (Wildman–Crippen LogP) is 2.16. The summed E-state index contributed by atoms with van der Waals surface area (Å²) in [6.07, 6.45) is 3.33. The van der Waals surface area contributed by atoms with Crippen molar-refractivity contribution >= 4 is 12.0 Å². The first-order valence-electron chi connectivity index (χ1n) is 9.11. The molecule has 2 rings (SSSR count). The number of carbonyl (C=O) groups is 2. The zero-order valence-corrected chi connectivity index (χ0v) is 15.4. The van der Waals surface area contributed by atoms with Crippen LogP contribution in [0.25, 0.3) is 0 Å². The summed E-state index contributed by atoms with van der Waals surface area (Å²) in [5, 5.41) is 12.4. The summed E-state index contributed by atoms with van der Waals surface area (Å²) in [7, 11) is 0. The summed E-state index contributed by atoms with van der Waals surface area (Å²) in [5.74, 6) is 0.588. The number of alkyl carbamates (subject to hydrolysis) is 1. The molecule has 0 spiro atoms. The van der Waals surface area contributed by atoms with E-state index in [-0.39, 0.29) is 30.4 Å². The number of ether oxygens (including phenoxy) is 1. The molecular formula is C18H32N2O4. The van der Waals surface area contributed by atoms with Crippen LogP contribution in [-0.4, -0.2) is 53.3 Å². The maximum Gasteiger partial charge on any atom is 0.407 e. The Bertz CT molecular complexity index is 460. The number of aliphatic hydroxyl groups excluding tert-OH is 1. The number of aliphatic hydroxyl groups is 1. The first-order valence-corrected chi connectivity index (χ1v) is 9.11. The Morgan fingerprint density at radius 3 is 2.58 bits per heavy atom. The maximum atomic E-state index is 12.9. The molecule has 2 fully saturated rings. The SMILES string of the molecule is C[C@H]1CCN(C(=O)[C@@H]2CCC[C@@H]2CNC(=O)OC(C)(C)C)[C@H]1CO. The highest BCUT2D eigenvalue weighted by Crippen LogP contribution is 2.35. The van der Waals surface area contributed by atoms with Gasteiger partial charge in [-0.3, -0.25) is 4.79 Å². The fourth-order valence-corrected chi connectivity index (χ4v) is 3.91. The van der Waals surface area contributed by atoms with Crippen LogP contribution in [-0.2, 0) is 9.53 Å². The molecule has 138 valence electrons. The topological polar surface area (TPSA) is 78.9 Å². The van der Waals surface area contributed by atoms with E-state index in [1.807, 2.05) is 25.7 Å². The average Bonchev–Trinajstić information content (AvgIpc) is 3.08. The largest absolute Gasteiger partial charge is 0.444 e. The monoisotopic (exact) mass is 340 g/mol. The summed E-state index contributed by atoms with van der Waals surface area (Å²) < 4.78 is 5.26. The van der Waals surface area contributed by atoms with Gasteiger partial charge in [0.1, 0.15) is 5.60 Å². The minimum absolute atomic E-state index is 0.0282. The molecule has 0 bridgehead atoms. The second-order valence-electron chi connectivity index (χ2n) is 8.23. The number of nitrogens with one attached hydrogen (secondary N) is 1. The van der Waals surface area contributed by atoms with Crippen LogP contribution in [0.1, 0.15) is 53.4 Å². The summed E-state index contributed by atoms with van der Waals surface area (Å²) in [6, 6.07) is -0.0578. The van der Waals surface area contributed by atoms with E-state index in [0.717, 1.165) is 32.2 Å². The molecule has 2 N–H and O–H groups in total. The molecule has 2 aliphatic rings. The molecule has 6 nitrogen and oxygen atoms in total. The van der Waals surface area contributed by atoms with E-state index in [4.69, 9.17) is 4.74 Å². The van der Waals surface area contributed by atoms with Crippen molar-refractivity contribution in [1.82, 2.24) is 10.2 Å². The van der Waals surface area contributed by atoms with Crippen LogP contribution >= 0.6 is 0 Å². The van der Waals surface area contributed by atoms with Crippen LogP contribution in [0.4, 0.5) is 4.79 Å². The summed E-state index contributed by atoms with van der Waals surface area (Å²) in [5.41, 5.74) is -0.519. The molecule has 1 saturated heterocycles. The van der Waals surface area contributed by atoms with E-state index in [2.05, 4.69) is 12.2 Å². The number of hydrogen-bond acceptors (Lipinski definition) is 4. The van der Waals surface area contributed by atoms with Crippen molar-refractivity contribution in [3.05, 3.63) is 0 Å². The first kappa shape index (κ1) is 19.0. The Morgan fingerprint density at radius 2 is 1.96 bits per heavy atom. The molecule has 4 atom stereocenters. The van der Waals surface area contributed by atoms with Crippen LogP contribution in [0.5, 0.6) is 0 Å². The maximum absolute atomic E-state index is 12.9. The summed E-state index contributed by atoms with van der Waals surface area (Å²) in [4.78, 5) is 26.6. The zero-order valence-electron chi connectivity index (χ0n) is 15.4. The van der Waals surface area contributed by atoms with Gasteiger partial charge in [-0.05, 0) is 51.9 Å². The highest BCUT2D eigenvalue weighted by atomic mass is 16.6. The van der Waals surface area contributed by atoms with Gasteiger partial charge in [0.15, 0.2) is 0 Å². The standard InChI is InChI=1S/C18H32N2O4/c1-12-8-9-20(15(12)11-21)16(22)14-7-5-6-13(14)10-19-17(23)24-18(2,3)4/h12-15,21H,5-11H2,1-4H3,(H,19,23)/t12-,13+,14+,15-/m0/s1. The molecule has 0 radical (unpaired) electrons. The number of likely N-dealkylation sites (tertiary alicyclic amines) is 1. The molecular weight excluding hydrogens is 308 g/mol. The number of carbonyl (C=O) groups excluding carboxylic acids is 2. The summed E-state index contributed by atoms with van der Waals surface area (Å²) in [6.45, 7) is 8.81. The van der Waals surface area contributed by atoms with E-state index in [9.17, 15) is 14.7 Å². The Balaban J connectivity index is 1.90. The molecule has 1 saturated carbocycles. The van der Waals surface area contributed by atoms with E-state index in [0.29, 0.717) is 12.5 Å². The van der Waals surface area contributed by atoms with Gasteiger partial charge >= 0.3 is 6.09 Å². The van der Waals surface area contributed by atoms with Gasteiger partial charge in [0.2, 0.25) is 5.91 Å². The third-order valence-corrected chi connectivity index (χ3v) is 5.24. The van der Waals surface area contributed by atoms with Gasteiger partial charge in [0.05, 0.1) is 12.6 Å². The van der Waals surface area contributed by atoms with Crippen molar-refractivity contribution in [1.29, 1.82) is 0 Å². The Hall–Kier alpha value is -1.30. The van der Waals surface area contributed by atoms with Crippen LogP contribution in [0.15, 0.2) is 0 Å². The predicted molar refractivity (Wildman–Crippen MR) is 91.4 cm³/mol. The molecule has 0 unspecified atom stereocenters. The van der Waals surface area contributed by atoms with Gasteiger partial charge in [0, 0.05) is 19.0 Å². The highest BCUT2D eigenvalue weighted by molar-refractivity contribution is 5.80. The number of hydrogen-bond donors (Lipinski definition) is 2. The molecule has 1 aliphatic carbocycles. The Kier molecular flexibility index (Phi) is 6.12. The normalized spacial score (nSPS) is 30.5. The fourth-order valence-electron chi connectivity index (χ4n) is 3.91. The molecule has 0 aromatic carbocycles. The minimum Gasteiger partial charge on any atom is -0.444 e. The molecule has 0 aromatic rings. The second kappa shape index (κ2) is 7.72. The van der Waals surface area contributed by atoms with Gasteiger partial charge < -0.3 is 20.1 Å². The lowest BCUT2D eigenvalue weighted by Crippen LogP contribution is -2.45. The van der Waals surface area contributed by atoms with E-state index in [1.54, 1.807) is 0 Å². The smallest absolute Gasteiger partial charge is 0.407 e. The third-order valence-electron chi connectivity index (χ3n) is 5.24. The fraction of sp³-hybridized carbons (Fsp3) is 0.889. The van der Waals surface area contributed by atoms with Crippen molar-refractivity contribution in [3.8, 4) is 0 Å². The molecule has 24 heavy (non-hydrogen) atoms. The molecule has 0 aromatic heterocycles. The molecule has 2 amide bonds. The first-order chi connectivity index (χ1) is 11.2. The van der Waals surface area contributed by atoms with Crippen LogP contribution in [0.2, 0.25) is 0 Å². The van der Waals surface area contributed by atoms with Gasteiger partial charge in [-0.1, -0.05) is 13.3 Å². The molecule has 1 heterocycles. The minimum atomic E-state index is -0.519. The van der Waals surface area contributed by atoms with Crippen molar-refractivity contribution in [3.63, 3.8) is 0 Å². The van der Waals surface area contributed by atoms with Crippen LogP contribution in [0.3, 0.4) is 0 Å². The van der Waals surface area contributed by atoms with E-state index >= 15 is 0 Å². The van der Waals surface area contributed by atoms with Crippen molar-refractivity contribution < 1.29 is 19.4 Å². The zero-order chi connectivity index (χ0) is 17.9. The van der Waals surface area contributed by atoms with E-state index in [1.165, 1.54) is 0 Å². The second-order valence-corrected chi connectivity index (χ2v) is 8.23. The Labute approximate surface area is 144 Å². The quantitative estimate of drug-likeness (QED) is 0.822. The number of amides is 2. The highest BCUT2D eigenvalue weighted by Gasteiger charge is 2.41. The third kappa shape index (κ3) is 4.62. The van der Waals surface area contributed by atoms with Crippen molar-refractivity contribution in [2.45, 2.75) is 65.0 Å².